The molecule has 5 nitrogen and oxygen atoms in total. The molecule has 0 saturated carbocycles. The predicted molar refractivity (Wildman–Crippen MR) is 129 cm³/mol. The number of benzene rings is 3. The number of hydrogen-bond acceptors (Lipinski definition) is 3. The number of H-pyrrole nitrogens is 1. The van der Waals surface area contributed by atoms with Crippen LogP contribution in [-0.2, 0) is 9.54 Å². The zero-order valence-corrected chi connectivity index (χ0v) is 18.9. The number of carbonyl (C=O) groups is 2. The third-order valence-corrected chi connectivity index (χ3v) is 7.63. The highest BCUT2D eigenvalue weighted by Crippen LogP contribution is 2.55. The van der Waals surface area contributed by atoms with Gasteiger partial charge in [-0.2, -0.15) is 0 Å². The molecule has 6 heteroatoms. The van der Waals surface area contributed by atoms with Gasteiger partial charge in [-0.15, -0.1) is 0 Å². The zero-order chi connectivity index (χ0) is 22.5. The summed E-state index contributed by atoms with van der Waals surface area (Å²) in [4.78, 5) is 30.4. The standard InChI is InChI=1S/C26H23N3O2S/c1-15-8-11-23(16(2)12-15)32-26(19-6-4-5-7-22(19)29-25(26)31)20-14-28-21-10-9-17(13-18(20)21)24(30)27-3/h4-14,28H,1-3H3,(H,27,30)(H,29,31). The number of para-hydroxylation sites is 1. The monoisotopic (exact) mass is 441 g/mol. The van der Waals surface area contributed by atoms with Crippen LogP contribution in [0.15, 0.2) is 71.8 Å². The van der Waals surface area contributed by atoms with Crippen LogP contribution < -0.4 is 10.6 Å². The van der Waals surface area contributed by atoms with Gasteiger partial charge in [0.25, 0.3) is 5.91 Å². The van der Waals surface area contributed by atoms with Gasteiger partial charge in [0.1, 0.15) is 0 Å². The van der Waals surface area contributed by atoms with Crippen molar-refractivity contribution in [3.8, 4) is 0 Å². The Morgan fingerprint density at radius 2 is 1.81 bits per heavy atom. The number of aryl methyl sites for hydroxylation is 2. The first-order valence-corrected chi connectivity index (χ1v) is 11.3. The summed E-state index contributed by atoms with van der Waals surface area (Å²) < 4.78 is -0.990. The number of hydrogen-bond donors (Lipinski definition) is 3. The molecule has 5 rings (SSSR count). The number of aromatic nitrogens is 1. The maximum absolute atomic E-state index is 13.7. The van der Waals surface area contributed by atoms with E-state index in [-0.39, 0.29) is 11.8 Å². The minimum absolute atomic E-state index is 0.0880. The Labute approximate surface area is 190 Å². The molecule has 32 heavy (non-hydrogen) atoms. The minimum Gasteiger partial charge on any atom is -0.361 e. The molecule has 0 bridgehead atoms. The van der Waals surface area contributed by atoms with Crippen LogP contribution in [0.25, 0.3) is 10.9 Å². The summed E-state index contributed by atoms with van der Waals surface area (Å²) in [7, 11) is 1.61. The summed E-state index contributed by atoms with van der Waals surface area (Å²) in [6.07, 6.45) is 1.90. The van der Waals surface area contributed by atoms with E-state index in [4.69, 9.17) is 0 Å². The van der Waals surface area contributed by atoms with E-state index < -0.39 is 4.75 Å². The second-order valence-corrected chi connectivity index (χ2v) is 9.35. The Morgan fingerprint density at radius 3 is 2.59 bits per heavy atom. The van der Waals surface area contributed by atoms with Gasteiger partial charge in [-0.05, 0) is 49.7 Å². The molecule has 0 fully saturated rings. The molecule has 4 aromatic rings. The van der Waals surface area contributed by atoms with E-state index in [0.29, 0.717) is 5.56 Å². The maximum Gasteiger partial charge on any atom is 0.251 e. The Morgan fingerprint density at radius 1 is 1.00 bits per heavy atom. The summed E-state index contributed by atoms with van der Waals surface area (Å²) in [6, 6.07) is 19.6. The summed E-state index contributed by atoms with van der Waals surface area (Å²) in [5.41, 5.74) is 6.31. The van der Waals surface area contributed by atoms with Gasteiger partial charge in [0.05, 0.1) is 0 Å². The van der Waals surface area contributed by atoms with E-state index in [9.17, 15) is 9.59 Å². The normalized spacial score (nSPS) is 17.3. The average molecular weight is 442 g/mol. The van der Waals surface area contributed by atoms with Crippen molar-refractivity contribution >= 4 is 40.2 Å². The van der Waals surface area contributed by atoms with Crippen molar-refractivity contribution in [2.45, 2.75) is 23.5 Å². The van der Waals surface area contributed by atoms with Gasteiger partial charge in [-0.3, -0.25) is 9.59 Å². The Hall–Kier alpha value is -3.51. The van der Waals surface area contributed by atoms with E-state index in [1.807, 2.05) is 42.6 Å². The van der Waals surface area contributed by atoms with Crippen LogP contribution in [0, 0.1) is 13.8 Å². The lowest BCUT2D eigenvalue weighted by Crippen LogP contribution is -2.32. The fourth-order valence-corrected chi connectivity index (χ4v) is 5.83. The lowest BCUT2D eigenvalue weighted by atomic mass is 9.90. The van der Waals surface area contributed by atoms with Crippen LogP contribution in [-0.4, -0.2) is 23.8 Å². The fourth-order valence-electron chi connectivity index (χ4n) is 4.43. The molecule has 160 valence electrons. The summed E-state index contributed by atoms with van der Waals surface area (Å²) in [5.74, 6) is -0.249. The van der Waals surface area contributed by atoms with Crippen LogP contribution in [0.1, 0.15) is 32.6 Å². The van der Waals surface area contributed by atoms with Crippen molar-refractivity contribution in [3.63, 3.8) is 0 Å². The van der Waals surface area contributed by atoms with Gasteiger partial charge in [0, 0.05) is 51.4 Å². The molecule has 2 amide bonds. The van der Waals surface area contributed by atoms with Gasteiger partial charge < -0.3 is 15.6 Å². The number of fused-ring (bicyclic) bond motifs is 2. The number of anilines is 1. The van der Waals surface area contributed by atoms with Crippen molar-refractivity contribution in [3.05, 3.63) is 94.7 Å². The first-order valence-electron chi connectivity index (χ1n) is 10.4. The number of amides is 2. The fraction of sp³-hybridized carbons (Fsp3) is 0.154. The highest BCUT2D eigenvalue weighted by atomic mass is 32.2. The first-order chi connectivity index (χ1) is 15.4. The van der Waals surface area contributed by atoms with Gasteiger partial charge in [0.2, 0.25) is 5.91 Å². The second kappa shape index (κ2) is 7.57. The van der Waals surface area contributed by atoms with Crippen molar-refractivity contribution in [1.82, 2.24) is 10.3 Å². The van der Waals surface area contributed by atoms with E-state index in [1.165, 1.54) is 5.56 Å². The zero-order valence-electron chi connectivity index (χ0n) is 18.1. The average Bonchev–Trinajstić information content (AvgIpc) is 3.33. The van der Waals surface area contributed by atoms with Crippen LogP contribution in [0.3, 0.4) is 0 Å². The highest BCUT2D eigenvalue weighted by molar-refractivity contribution is 8.01. The molecular weight excluding hydrogens is 418 g/mol. The summed E-state index contributed by atoms with van der Waals surface area (Å²) in [5, 5.41) is 6.62. The smallest absolute Gasteiger partial charge is 0.251 e. The third kappa shape index (κ3) is 3.02. The minimum atomic E-state index is -0.990. The molecule has 1 unspecified atom stereocenters. The third-order valence-electron chi connectivity index (χ3n) is 6.02. The topological polar surface area (TPSA) is 74.0 Å². The SMILES string of the molecule is CNC(=O)c1ccc2[nH]cc(C3(Sc4ccc(C)cc4C)C(=O)Nc4ccccc43)c2c1. The summed E-state index contributed by atoms with van der Waals surface area (Å²) in [6.45, 7) is 4.13. The van der Waals surface area contributed by atoms with Gasteiger partial charge in [0.15, 0.2) is 4.75 Å². The molecule has 1 atom stereocenters. The highest BCUT2D eigenvalue weighted by Gasteiger charge is 2.50. The van der Waals surface area contributed by atoms with Crippen LogP contribution in [0.5, 0.6) is 0 Å². The molecule has 3 aromatic carbocycles. The molecule has 0 saturated heterocycles. The first kappa shape index (κ1) is 20.4. The predicted octanol–water partition coefficient (Wildman–Crippen LogP) is 5.13. The van der Waals surface area contributed by atoms with Crippen LogP contribution >= 0.6 is 11.8 Å². The van der Waals surface area contributed by atoms with Crippen molar-refractivity contribution in [1.29, 1.82) is 0 Å². The van der Waals surface area contributed by atoms with E-state index in [1.54, 1.807) is 24.9 Å². The maximum atomic E-state index is 13.7. The lowest BCUT2D eigenvalue weighted by molar-refractivity contribution is -0.117. The van der Waals surface area contributed by atoms with Crippen molar-refractivity contribution in [2.24, 2.45) is 0 Å². The number of rotatable bonds is 4. The number of thioether (sulfide) groups is 1. The molecule has 0 aliphatic carbocycles. The second-order valence-electron chi connectivity index (χ2n) is 8.09. The van der Waals surface area contributed by atoms with E-state index in [0.717, 1.165) is 38.2 Å². The number of carbonyl (C=O) groups excluding carboxylic acids is 2. The summed E-state index contributed by atoms with van der Waals surface area (Å²) >= 11 is 1.54. The molecule has 0 radical (unpaired) electrons. The largest absolute Gasteiger partial charge is 0.361 e. The van der Waals surface area contributed by atoms with Gasteiger partial charge in [-0.25, -0.2) is 0 Å². The molecule has 1 aliphatic heterocycles. The molecule has 1 aromatic heterocycles. The molecule has 3 N–H and O–H groups in total. The van der Waals surface area contributed by atoms with Crippen LogP contribution in [0.4, 0.5) is 5.69 Å². The lowest BCUT2D eigenvalue weighted by Gasteiger charge is -2.28. The molecular formula is C26H23N3O2S. The van der Waals surface area contributed by atoms with Gasteiger partial charge >= 0.3 is 0 Å². The Balaban J connectivity index is 1.78. The number of aromatic amines is 1. The van der Waals surface area contributed by atoms with E-state index >= 15 is 0 Å². The molecule has 2 heterocycles. The quantitative estimate of drug-likeness (QED) is 0.411. The van der Waals surface area contributed by atoms with Crippen LogP contribution in [0.2, 0.25) is 0 Å². The van der Waals surface area contributed by atoms with Crippen molar-refractivity contribution < 1.29 is 9.59 Å². The Kier molecular flexibility index (Phi) is 4.82. The number of nitrogens with one attached hydrogen (secondary N) is 3. The van der Waals surface area contributed by atoms with Crippen molar-refractivity contribution in [2.75, 3.05) is 12.4 Å². The van der Waals surface area contributed by atoms with E-state index in [2.05, 4.69) is 47.7 Å². The molecule has 1 aliphatic rings. The Bertz CT molecular complexity index is 1390. The van der Waals surface area contributed by atoms with Gasteiger partial charge in [-0.1, -0.05) is 47.7 Å². The molecule has 0 spiro atoms.